The molecule has 0 N–H and O–H groups in total. The summed E-state index contributed by atoms with van der Waals surface area (Å²) in [5, 5.41) is 0. The predicted octanol–water partition coefficient (Wildman–Crippen LogP) is 2.99. The van der Waals surface area contributed by atoms with Gasteiger partial charge < -0.3 is 0 Å². The van der Waals surface area contributed by atoms with Crippen LogP contribution in [0, 0.1) is 11.3 Å². The van der Waals surface area contributed by atoms with Gasteiger partial charge in [-0.3, -0.25) is 4.18 Å². The van der Waals surface area contributed by atoms with Gasteiger partial charge in [-0.05, 0) is 36.2 Å². The van der Waals surface area contributed by atoms with Crippen LogP contribution < -0.4 is 0 Å². The van der Waals surface area contributed by atoms with Crippen molar-refractivity contribution >= 4 is 10.1 Å². The molecule has 0 unspecified atom stereocenters. The topological polar surface area (TPSA) is 43.4 Å². The van der Waals surface area contributed by atoms with E-state index in [1.54, 1.807) is 0 Å². The molecular formula is C11H15F3O3S. The number of hydrogen-bond donors (Lipinski definition) is 0. The van der Waals surface area contributed by atoms with Gasteiger partial charge in [0.15, 0.2) is 0 Å². The van der Waals surface area contributed by atoms with Crippen LogP contribution in [0.2, 0.25) is 0 Å². The van der Waals surface area contributed by atoms with Crippen molar-refractivity contribution in [1.82, 2.24) is 0 Å². The fraction of sp³-hybridized carbons (Fsp3) is 0.818. The second-order valence-electron chi connectivity index (χ2n) is 5.62. The molecule has 104 valence electrons. The minimum atomic E-state index is -5.57. The lowest BCUT2D eigenvalue weighted by Gasteiger charge is -2.37. The molecule has 2 aliphatic rings. The molecule has 2 atom stereocenters. The minimum Gasteiger partial charge on any atom is -0.252 e. The lowest BCUT2D eigenvalue weighted by Crippen LogP contribution is -2.40. The first-order chi connectivity index (χ1) is 7.92. The van der Waals surface area contributed by atoms with Gasteiger partial charge in [0.2, 0.25) is 0 Å². The third-order valence-electron chi connectivity index (χ3n) is 4.37. The van der Waals surface area contributed by atoms with Crippen molar-refractivity contribution in [2.24, 2.45) is 11.3 Å². The maximum absolute atomic E-state index is 12.4. The monoisotopic (exact) mass is 284 g/mol. The van der Waals surface area contributed by atoms with Gasteiger partial charge in [0.1, 0.15) is 5.60 Å². The highest BCUT2D eigenvalue weighted by Gasteiger charge is 2.62. The maximum Gasteiger partial charge on any atom is 0.523 e. The van der Waals surface area contributed by atoms with Gasteiger partial charge in [-0.15, -0.1) is 0 Å². The summed E-state index contributed by atoms with van der Waals surface area (Å²) in [6.45, 7) is 7.50. The van der Waals surface area contributed by atoms with Gasteiger partial charge in [0, 0.05) is 0 Å². The van der Waals surface area contributed by atoms with Crippen LogP contribution in [0.3, 0.4) is 0 Å². The van der Waals surface area contributed by atoms with Gasteiger partial charge in [0.25, 0.3) is 0 Å². The van der Waals surface area contributed by atoms with Crippen molar-refractivity contribution in [2.75, 3.05) is 0 Å². The third-order valence-corrected chi connectivity index (χ3v) is 5.48. The molecule has 2 fully saturated rings. The summed E-state index contributed by atoms with van der Waals surface area (Å²) in [4.78, 5) is 0. The Balaban J connectivity index is 2.34. The number of alkyl halides is 3. The molecular weight excluding hydrogens is 269 g/mol. The van der Waals surface area contributed by atoms with E-state index < -0.39 is 21.2 Å². The largest absolute Gasteiger partial charge is 0.523 e. The third kappa shape index (κ3) is 1.71. The van der Waals surface area contributed by atoms with Gasteiger partial charge in [-0.25, -0.2) is 0 Å². The molecule has 18 heavy (non-hydrogen) atoms. The maximum atomic E-state index is 12.4. The van der Waals surface area contributed by atoms with E-state index in [-0.39, 0.29) is 17.8 Å². The number of hydrogen-bond acceptors (Lipinski definition) is 3. The molecule has 0 spiro atoms. The standard InChI is InChI=1S/C11H15F3O3S/c1-7-9(2,3)8-4-5-10(7,6-8)17-18(15,16)11(12,13)14/h8H,1,4-6H2,2-3H3/t8-,10-/m0/s1. The Kier molecular flexibility index (Phi) is 2.70. The fourth-order valence-corrected chi connectivity index (χ4v) is 3.88. The summed E-state index contributed by atoms with van der Waals surface area (Å²) >= 11 is 0. The lowest BCUT2D eigenvalue weighted by molar-refractivity contribution is -0.0618. The van der Waals surface area contributed by atoms with Crippen molar-refractivity contribution in [1.29, 1.82) is 0 Å². The Morgan fingerprint density at radius 3 is 2.33 bits per heavy atom. The van der Waals surface area contributed by atoms with Crippen LogP contribution in [0.25, 0.3) is 0 Å². The van der Waals surface area contributed by atoms with Crippen LogP contribution >= 0.6 is 0 Å². The van der Waals surface area contributed by atoms with E-state index in [1.807, 2.05) is 13.8 Å². The highest BCUT2D eigenvalue weighted by molar-refractivity contribution is 7.87. The second-order valence-corrected chi connectivity index (χ2v) is 7.16. The first kappa shape index (κ1) is 13.9. The van der Waals surface area contributed by atoms with Crippen molar-refractivity contribution in [3.63, 3.8) is 0 Å². The fourth-order valence-electron chi connectivity index (χ4n) is 3.12. The first-order valence-electron chi connectivity index (χ1n) is 5.64. The second kappa shape index (κ2) is 3.50. The van der Waals surface area contributed by atoms with Crippen LogP contribution in [0.5, 0.6) is 0 Å². The van der Waals surface area contributed by atoms with Crippen molar-refractivity contribution in [2.45, 2.75) is 44.2 Å². The molecule has 2 rings (SSSR count). The van der Waals surface area contributed by atoms with E-state index in [9.17, 15) is 21.6 Å². The number of rotatable bonds is 2. The summed E-state index contributed by atoms with van der Waals surface area (Å²) in [5.74, 6) is 0.133. The molecule has 0 radical (unpaired) electrons. The number of fused-ring (bicyclic) bond motifs is 2. The first-order valence-corrected chi connectivity index (χ1v) is 7.05. The molecule has 2 bridgehead atoms. The normalized spacial score (nSPS) is 35.2. The molecule has 2 saturated carbocycles. The van der Waals surface area contributed by atoms with E-state index >= 15 is 0 Å². The molecule has 0 aromatic rings. The summed E-state index contributed by atoms with van der Waals surface area (Å²) in [7, 11) is -5.57. The molecule has 2 aliphatic carbocycles. The smallest absolute Gasteiger partial charge is 0.252 e. The van der Waals surface area contributed by atoms with E-state index in [4.69, 9.17) is 0 Å². The van der Waals surface area contributed by atoms with Crippen molar-refractivity contribution < 1.29 is 25.8 Å². The van der Waals surface area contributed by atoms with Gasteiger partial charge in [-0.2, -0.15) is 21.6 Å². The molecule has 7 heteroatoms. The van der Waals surface area contributed by atoms with Crippen LogP contribution in [-0.4, -0.2) is 19.5 Å². The average molecular weight is 284 g/mol. The number of halogens is 3. The summed E-state index contributed by atoms with van der Waals surface area (Å²) in [6, 6.07) is 0. The molecule has 3 nitrogen and oxygen atoms in total. The zero-order chi connectivity index (χ0) is 14.0. The lowest BCUT2D eigenvalue weighted by atomic mass is 9.72. The Morgan fingerprint density at radius 2 is 1.94 bits per heavy atom. The van der Waals surface area contributed by atoms with Crippen molar-refractivity contribution in [3.05, 3.63) is 12.2 Å². The summed E-state index contributed by atoms with van der Waals surface area (Å²) in [5.41, 5.74) is -6.66. The van der Waals surface area contributed by atoms with E-state index in [0.29, 0.717) is 18.4 Å². The van der Waals surface area contributed by atoms with Gasteiger partial charge >= 0.3 is 15.6 Å². The summed E-state index contributed by atoms with van der Waals surface area (Å²) in [6.07, 6.45) is 1.25. The summed E-state index contributed by atoms with van der Waals surface area (Å²) < 4.78 is 64.0. The van der Waals surface area contributed by atoms with Crippen LogP contribution in [0.1, 0.15) is 33.1 Å². The van der Waals surface area contributed by atoms with Gasteiger partial charge in [-0.1, -0.05) is 20.4 Å². The van der Waals surface area contributed by atoms with E-state index in [0.717, 1.165) is 0 Å². The average Bonchev–Trinajstić information content (AvgIpc) is 2.65. The Labute approximate surface area is 104 Å². The van der Waals surface area contributed by atoms with Crippen LogP contribution in [-0.2, 0) is 14.3 Å². The van der Waals surface area contributed by atoms with Crippen LogP contribution in [0.15, 0.2) is 12.2 Å². The molecule has 0 aromatic heterocycles. The predicted molar refractivity (Wildman–Crippen MR) is 59.1 cm³/mol. The minimum absolute atomic E-state index is 0.133. The SMILES string of the molecule is C=C1C(C)(C)[C@H]2CC[C@]1(OS(=O)(=O)C(F)(F)F)C2. The highest BCUT2D eigenvalue weighted by Crippen LogP contribution is 2.62. The zero-order valence-electron chi connectivity index (χ0n) is 10.2. The van der Waals surface area contributed by atoms with Crippen molar-refractivity contribution in [3.8, 4) is 0 Å². The Hall–Kier alpha value is -0.560. The van der Waals surface area contributed by atoms with Crippen LogP contribution in [0.4, 0.5) is 13.2 Å². The van der Waals surface area contributed by atoms with Gasteiger partial charge in [0.05, 0.1) is 0 Å². The molecule has 0 heterocycles. The quantitative estimate of drug-likeness (QED) is 0.445. The molecule has 0 aromatic carbocycles. The zero-order valence-corrected chi connectivity index (χ0v) is 11.0. The molecule has 0 saturated heterocycles. The van der Waals surface area contributed by atoms with E-state index in [1.165, 1.54) is 0 Å². The molecule has 0 aliphatic heterocycles. The molecule has 0 amide bonds. The Morgan fingerprint density at radius 1 is 1.39 bits per heavy atom. The van der Waals surface area contributed by atoms with E-state index in [2.05, 4.69) is 10.8 Å². The highest BCUT2D eigenvalue weighted by atomic mass is 32.2. The Bertz CT molecular complexity index is 492.